The molecule has 0 aromatic heterocycles. The molecule has 0 saturated heterocycles. The van der Waals surface area contributed by atoms with Crippen molar-refractivity contribution in [2.45, 2.75) is 19.8 Å². The third-order valence-corrected chi connectivity index (χ3v) is 2.75. The van der Waals surface area contributed by atoms with Gasteiger partial charge in [-0.1, -0.05) is 12.1 Å². The van der Waals surface area contributed by atoms with E-state index in [0.29, 0.717) is 5.56 Å². The highest BCUT2D eigenvalue weighted by Gasteiger charge is 2.20. The molecule has 0 heterocycles. The van der Waals surface area contributed by atoms with E-state index in [-0.39, 0.29) is 24.1 Å². The monoisotopic (exact) mass is 280 g/mol. The number of aliphatic carboxylic acids is 1. The van der Waals surface area contributed by atoms with E-state index in [1.807, 2.05) is 0 Å². The quantitative estimate of drug-likeness (QED) is 0.483. The minimum absolute atomic E-state index is 0.105. The number of rotatable bonds is 6. The van der Waals surface area contributed by atoms with Gasteiger partial charge in [-0.25, -0.2) is 4.79 Å². The van der Waals surface area contributed by atoms with E-state index >= 15 is 0 Å². The van der Waals surface area contributed by atoms with Crippen LogP contribution in [0.3, 0.4) is 0 Å². The Bertz CT molecular complexity index is 593. The number of carbonyl (C=O) groups is 1. The number of non-ortho nitro benzene ring substituents is 1. The van der Waals surface area contributed by atoms with Crippen LogP contribution in [-0.2, 0) is 11.2 Å². The third kappa shape index (κ3) is 3.87. The first-order chi connectivity index (χ1) is 9.32. The molecule has 106 valence electrons. The van der Waals surface area contributed by atoms with E-state index in [2.05, 4.69) is 0 Å². The van der Waals surface area contributed by atoms with Gasteiger partial charge in [0.2, 0.25) is 0 Å². The number of hydrogen-bond donors (Lipinski definition) is 1. The predicted molar refractivity (Wildman–Crippen MR) is 68.7 cm³/mol. The van der Waals surface area contributed by atoms with Gasteiger partial charge in [0.05, 0.1) is 9.85 Å². The third-order valence-electron chi connectivity index (χ3n) is 2.75. The fraction of sp³-hybridized carbons (Fsp3) is 0.250. The summed E-state index contributed by atoms with van der Waals surface area (Å²) in [6, 6.07) is 5.71. The molecule has 8 nitrogen and oxygen atoms in total. The topological polar surface area (TPSA) is 124 Å². The Morgan fingerprint density at radius 3 is 2.45 bits per heavy atom. The van der Waals surface area contributed by atoms with Crippen molar-refractivity contribution in [3.63, 3.8) is 0 Å². The summed E-state index contributed by atoms with van der Waals surface area (Å²) in [6.45, 7) is 1.16. The van der Waals surface area contributed by atoms with E-state index in [9.17, 15) is 25.0 Å². The second kappa shape index (κ2) is 6.41. The minimum atomic E-state index is -1.35. The maximum atomic E-state index is 10.8. The number of nitro groups is 2. The summed E-state index contributed by atoms with van der Waals surface area (Å²) < 4.78 is 0. The van der Waals surface area contributed by atoms with Crippen molar-refractivity contribution in [3.05, 3.63) is 61.3 Å². The zero-order chi connectivity index (χ0) is 15.3. The van der Waals surface area contributed by atoms with Crippen LogP contribution in [0, 0.1) is 20.2 Å². The maximum absolute atomic E-state index is 10.8. The molecule has 0 aliphatic heterocycles. The average Bonchev–Trinajstić information content (AvgIpc) is 2.38. The van der Waals surface area contributed by atoms with Crippen LogP contribution in [0.25, 0.3) is 0 Å². The lowest BCUT2D eigenvalue weighted by Gasteiger charge is -2.02. The first-order valence-electron chi connectivity index (χ1n) is 5.63. The van der Waals surface area contributed by atoms with E-state index in [1.54, 1.807) is 6.07 Å². The van der Waals surface area contributed by atoms with Gasteiger partial charge in [-0.3, -0.25) is 20.2 Å². The van der Waals surface area contributed by atoms with Crippen molar-refractivity contribution >= 4 is 11.7 Å². The van der Waals surface area contributed by atoms with Gasteiger partial charge >= 0.3 is 5.97 Å². The van der Waals surface area contributed by atoms with Gasteiger partial charge in [0.1, 0.15) is 5.57 Å². The Balaban J connectivity index is 2.92. The number of benzene rings is 1. The molecule has 1 rings (SSSR count). The standard InChI is InChI=1S/C12H12N2O6/c1-8(12(15)16)11(14(19)20)6-5-9-3-2-4-10(7-9)13(17)18/h2-4,7H,5-6H2,1H3,(H,15,16). The molecule has 0 atom stereocenters. The molecule has 0 aliphatic carbocycles. The number of carboxylic acid groups (broad SMARTS) is 1. The number of allylic oxidation sites excluding steroid dienone is 1. The van der Waals surface area contributed by atoms with Crippen LogP contribution < -0.4 is 0 Å². The first-order valence-corrected chi connectivity index (χ1v) is 5.63. The van der Waals surface area contributed by atoms with Crippen LogP contribution in [-0.4, -0.2) is 20.9 Å². The molecule has 1 N–H and O–H groups in total. The molecule has 0 aliphatic rings. The Hall–Kier alpha value is -2.77. The summed E-state index contributed by atoms with van der Waals surface area (Å²) in [5.41, 5.74) is -0.301. The molecule has 1 aromatic rings. The SMILES string of the molecule is CC(C(=O)O)=C(CCc1cccc([N+](=O)[O-])c1)[N+](=O)[O-]. The summed E-state index contributed by atoms with van der Waals surface area (Å²) >= 11 is 0. The lowest BCUT2D eigenvalue weighted by atomic mass is 10.1. The summed E-state index contributed by atoms with van der Waals surface area (Å²) in [5.74, 6) is -1.35. The van der Waals surface area contributed by atoms with E-state index in [4.69, 9.17) is 5.11 Å². The van der Waals surface area contributed by atoms with Gasteiger partial charge in [-0.05, 0) is 18.9 Å². The number of hydrogen-bond acceptors (Lipinski definition) is 5. The van der Waals surface area contributed by atoms with Crippen LogP contribution in [0.2, 0.25) is 0 Å². The Labute approximate surface area is 113 Å². The molecule has 0 radical (unpaired) electrons. The maximum Gasteiger partial charge on any atom is 0.337 e. The highest BCUT2D eigenvalue weighted by Crippen LogP contribution is 2.18. The Kier molecular flexibility index (Phi) is 4.90. The molecule has 0 bridgehead atoms. The Morgan fingerprint density at radius 2 is 1.95 bits per heavy atom. The Morgan fingerprint density at radius 1 is 1.30 bits per heavy atom. The van der Waals surface area contributed by atoms with E-state index in [1.165, 1.54) is 18.2 Å². The van der Waals surface area contributed by atoms with Crippen molar-refractivity contribution < 1.29 is 19.7 Å². The lowest BCUT2D eigenvalue weighted by molar-refractivity contribution is -0.428. The number of aryl methyl sites for hydroxylation is 1. The zero-order valence-electron chi connectivity index (χ0n) is 10.6. The molecule has 20 heavy (non-hydrogen) atoms. The highest BCUT2D eigenvalue weighted by atomic mass is 16.6. The summed E-state index contributed by atoms with van der Waals surface area (Å²) in [7, 11) is 0. The average molecular weight is 280 g/mol. The molecular weight excluding hydrogens is 268 g/mol. The van der Waals surface area contributed by atoms with Crippen molar-refractivity contribution in [2.75, 3.05) is 0 Å². The second-order valence-corrected chi connectivity index (χ2v) is 4.06. The van der Waals surface area contributed by atoms with Crippen LogP contribution >= 0.6 is 0 Å². The number of nitro benzene ring substituents is 1. The van der Waals surface area contributed by atoms with Crippen molar-refractivity contribution in [2.24, 2.45) is 0 Å². The fourth-order valence-corrected chi connectivity index (χ4v) is 1.63. The second-order valence-electron chi connectivity index (χ2n) is 4.06. The number of nitrogens with zero attached hydrogens (tertiary/aromatic N) is 2. The first kappa shape index (κ1) is 15.3. The van der Waals surface area contributed by atoms with E-state index < -0.39 is 21.5 Å². The van der Waals surface area contributed by atoms with Crippen molar-refractivity contribution in [1.29, 1.82) is 0 Å². The van der Waals surface area contributed by atoms with Crippen LogP contribution in [0.5, 0.6) is 0 Å². The predicted octanol–water partition coefficient (Wildman–Crippen LogP) is 2.16. The van der Waals surface area contributed by atoms with Gasteiger partial charge in [0.15, 0.2) is 0 Å². The van der Waals surface area contributed by atoms with Gasteiger partial charge in [-0.2, -0.15) is 0 Å². The molecule has 0 unspecified atom stereocenters. The van der Waals surface area contributed by atoms with Crippen LogP contribution in [0.15, 0.2) is 35.5 Å². The van der Waals surface area contributed by atoms with Crippen LogP contribution in [0.4, 0.5) is 5.69 Å². The summed E-state index contributed by atoms with van der Waals surface area (Å²) in [6.07, 6.45) is 0.0505. The zero-order valence-corrected chi connectivity index (χ0v) is 10.6. The molecule has 0 spiro atoms. The summed E-state index contributed by atoms with van der Waals surface area (Å²) in [5, 5.41) is 30.2. The molecule has 0 amide bonds. The summed E-state index contributed by atoms with van der Waals surface area (Å²) in [4.78, 5) is 30.9. The lowest BCUT2D eigenvalue weighted by Crippen LogP contribution is -2.09. The number of carboxylic acids is 1. The highest BCUT2D eigenvalue weighted by molar-refractivity contribution is 5.86. The molecule has 0 saturated carbocycles. The van der Waals surface area contributed by atoms with Gasteiger partial charge in [-0.15, -0.1) is 0 Å². The normalized spacial score (nSPS) is 11.7. The van der Waals surface area contributed by atoms with Crippen molar-refractivity contribution in [1.82, 2.24) is 0 Å². The van der Waals surface area contributed by atoms with Gasteiger partial charge in [0.25, 0.3) is 11.4 Å². The minimum Gasteiger partial charge on any atom is -0.478 e. The molecule has 0 fully saturated rings. The molecule has 8 heteroatoms. The fourth-order valence-electron chi connectivity index (χ4n) is 1.63. The van der Waals surface area contributed by atoms with Crippen molar-refractivity contribution in [3.8, 4) is 0 Å². The van der Waals surface area contributed by atoms with Gasteiger partial charge < -0.3 is 5.11 Å². The largest absolute Gasteiger partial charge is 0.478 e. The molecular formula is C12H12N2O6. The molecule has 1 aromatic carbocycles. The van der Waals surface area contributed by atoms with Gasteiger partial charge in [0, 0.05) is 18.6 Å². The van der Waals surface area contributed by atoms with E-state index in [0.717, 1.165) is 6.92 Å². The van der Waals surface area contributed by atoms with Crippen LogP contribution in [0.1, 0.15) is 18.9 Å². The smallest absolute Gasteiger partial charge is 0.337 e.